The zero-order chi connectivity index (χ0) is 24.6. The number of ether oxygens (including phenoxy) is 1. The van der Waals surface area contributed by atoms with Crippen molar-refractivity contribution in [2.75, 3.05) is 6.26 Å². The molecule has 0 aliphatic carbocycles. The lowest BCUT2D eigenvalue weighted by Crippen LogP contribution is -2.12. The highest BCUT2D eigenvalue weighted by atomic mass is 127. The molecule has 3 aromatic carbocycles. The van der Waals surface area contributed by atoms with Crippen molar-refractivity contribution in [1.82, 2.24) is 3.97 Å². The molecule has 0 aliphatic rings. The smallest absolute Gasteiger partial charge is 0.268 e. The second-order valence-electron chi connectivity index (χ2n) is 7.44. The summed E-state index contributed by atoms with van der Waals surface area (Å²) in [5.74, 6) is -1.46. The number of nitrogens with one attached hydrogen (secondary N) is 1. The standard InChI is InChI=1S/C25H20F2N2O3S2.HI/c1-4-18-19-11-12-29(34(30,31)17-8-5-15(2)6-9-17)23(19)14-22(27)24(18)32-16-7-10-21(26)20(13-16)25(28)33-3;/h4-14,28H,1H2,2-3H3;1H. The molecule has 35 heavy (non-hydrogen) atoms. The summed E-state index contributed by atoms with van der Waals surface area (Å²) >= 11 is 1.06. The Kier molecular flexibility index (Phi) is 8.07. The average molecular weight is 626 g/mol. The van der Waals surface area contributed by atoms with E-state index in [2.05, 4.69) is 6.58 Å². The van der Waals surface area contributed by atoms with Gasteiger partial charge < -0.3 is 4.74 Å². The van der Waals surface area contributed by atoms with Crippen LogP contribution in [0, 0.1) is 24.0 Å². The third-order valence-corrected chi connectivity index (χ3v) is 7.63. The largest absolute Gasteiger partial charge is 0.454 e. The molecule has 4 aromatic rings. The van der Waals surface area contributed by atoms with Crippen LogP contribution in [0.3, 0.4) is 0 Å². The molecule has 10 heteroatoms. The van der Waals surface area contributed by atoms with Crippen molar-refractivity contribution >= 4 is 67.8 Å². The normalized spacial score (nSPS) is 11.2. The van der Waals surface area contributed by atoms with Gasteiger partial charge in [-0.1, -0.05) is 30.4 Å². The summed E-state index contributed by atoms with van der Waals surface area (Å²) in [5, 5.41) is 8.30. The number of aryl methyl sites for hydroxylation is 1. The van der Waals surface area contributed by atoms with E-state index >= 15 is 4.39 Å². The highest BCUT2D eigenvalue weighted by Gasteiger charge is 2.23. The van der Waals surface area contributed by atoms with Gasteiger partial charge in [-0.15, -0.1) is 35.7 Å². The molecule has 4 rings (SSSR count). The molecule has 0 aliphatic heterocycles. The van der Waals surface area contributed by atoms with Crippen LogP contribution in [0.4, 0.5) is 8.78 Å². The number of benzene rings is 3. The Morgan fingerprint density at radius 3 is 2.40 bits per heavy atom. The maximum Gasteiger partial charge on any atom is 0.268 e. The lowest BCUT2D eigenvalue weighted by Gasteiger charge is -2.14. The van der Waals surface area contributed by atoms with Crippen LogP contribution in [0.15, 0.2) is 72.3 Å². The van der Waals surface area contributed by atoms with Crippen molar-refractivity contribution in [2.45, 2.75) is 11.8 Å². The minimum Gasteiger partial charge on any atom is -0.454 e. The van der Waals surface area contributed by atoms with Crippen LogP contribution in [0.2, 0.25) is 0 Å². The van der Waals surface area contributed by atoms with E-state index in [1.807, 2.05) is 6.92 Å². The van der Waals surface area contributed by atoms with Crippen LogP contribution in [0.25, 0.3) is 17.0 Å². The minimum absolute atomic E-state index is 0. The van der Waals surface area contributed by atoms with Gasteiger partial charge in [0, 0.05) is 28.8 Å². The number of rotatable bonds is 6. The van der Waals surface area contributed by atoms with E-state index in [0.717, 1.165) is 33.4 Å². The molecule has 0 fully saturated rings. The van der Waals surface area contributed by atoms with Crippen molar-refractivity contribution in [1.29, 1.82) is 5.41 Å². The van der Waals surface area contributed by atoms with Gasteiger partial charge in [-0.05, 0) is 49.6 Å². The summed E-state index contributed by atoms with van der Waals surface area (Å²) in [5.41, 5.74) is 1.32. The monoisotopic (exact) mass is 626 g/mol. The molecule has 0 saturated carbocycles. The van der Waals surface area contributed by atoms with Crippen LogP contribution < -0.4 is 4.74 Å². The van der Waals surface area contributed by atoms with Crippen molar-refractivity contribution in [2.24, 2.45) is 0 Å². The lowest BCUT2D eigenvalue weighted by molar-refractivity contribution is 0.441. The molecule has 0 unspecified atom stereocenters. The molecule has 5 nitrogen and oxygen atoms in total. The zero-order valence-corrected chi connectivity index (χ0v) is 22.7. The molecule has 0 spiro atoms. The fourth-order valence-corrected chi connectivity index (χ4v) is 5.26. The molecule has 0 amide bonds. The Balaban J connectivity index is 0.00000342. The topological polar surface area (TPSA) is 72.2 Å². The molecular weight excluding hydrogens is 605 g/mol. The first-order valence-electron chi connectivity index (χ1n) is 10.1. The number of fused-ring (bicyclic) bond motifs is 1. The van der Waals surface area contributed by atoms with Gasteiger partial charge in [0.2, 0.25) is 0 Å². The van der Waals surface area contributed by atoms with E-state index in [9.17, 15) is 12.8 Å². The van der Waals surface area contributed by atoms with E-state index in [4.69, 9.17) is 10.1 Å². The Morgan fingerprint density at radius 1 is 1.09 bits per heavy atom. The highest BCUT2D eigenvalue weighted by molar-refractivity contribution is 14.0. The van der Waals surface area contributed by atoms with Crippen molar-refractivity contribution in [3.63, 3.8) is 0 Å². The number of hydrogen-bond acceptors (Lipinski definition) is 5. The van der Waals surface area contributed by atoms with E-state index in [0.29, 0.717) is 5.39 Å². The van der Waals surface area contributed by atoms with Gasteiger partial charge in [0.15, 0.2) is 11.6 Å². The number of halogens is 3. The lowest BCUT2D eigenvalue weighted by atomic mass is 10.1. The fraction of sp³-hybridized carbons (Fsp3) is 0.0800. The third-order valence-electron chi connectivity index (χ3n) is 5.29. The number of aromatic nitrogens is 1. The molecule has 0 bridgehead atoms. The first kappa shape index (κ1) is 26.9. The van der Waals surface area contributed by atoms with Gasteiger partial charge >= 0.3 is 0 Å². The second-order valence-corrected chi connectivity index (χ2v) is 10.1. The van der Waals surface area contributed by atoms with Gasteiger partial charge in [-0.2, -0.15) is 0 Å². The van der Waals surface area contributed by atoms with Gasteiger partial charge in [-0.3, -0.25) is 5.41 Å². The van der Waals surface area contributed by atoms with E-state index in [-0.39, 0.29) is 62.1 Å². The van der Waals surface area contributed by atoms with Crippen molar-refractivity contribution in [3.05, 3.63) is 95.7 Å². The average Bonchev–Trinajstić information content (AvgIpc) is 3.24. The number of nitrogens with zero attached hydrogens (tertiary/aromatic N) is 1. The van der Waals surface area contributed by atoms with E-state index < -0.39 is 21.7 Å². The third kappa shape index (κ3) is 5.00. The van der Waals surface area contributed by atoms with Gasteiger partial charge in [0.1, 0.15) is 11.6 Å². The zero-order valence-electron chi connectivity index (χ0n) is 18.7. The first-order valence-corrected chi connectivity index (χ1v) is 12.7. The predicted molar refractivity (Wildman–Crippen MR) is 148 cm³/mol. The van der Waals surface area contributed by atoms with Crippen molar-refractivity contribution in [3.8, 4) is 11.5 Å². The first-order chi connectivity index (χ1) is 16.2. The van der Waals surface area contributed by atoms with Crippen molar-refractivity contribution < 1.29 is 21.9 Å². The van der Waals surface area contributed by atoms with Crippen LogP contribution >= 0.6 is 35.7 Å². The number of thioether (sulfide) groups is 1. The summed E-state index contributed by atoms with van der Waals surface area (Å²) in [6.07, 6.45) is 4.37. The fourth-order valence-electron chi connectivity index (χ4n) is 3.54. The molecular formula is C25H21F2IN2O3S2. The second kappa shape index (κ2) is 10.5. The maximum absolute atomic E-state index is 15.3. The molecule has 182 valence electrons. The summed E-state index contributed by atoms with van der Waals surface area (Å²) in [7, 11) is -3.97. The Morgan fingerprint density at radius 2 is 1.77 bits per heavy atom. The quantitative estimate of drug-likeness (QED) is 0.140. The van der Waals surface area contributed by atoms with E-state index in [1.54, 1.807) is 24.5 Å². The van der Waals surface area contributed by atoms with Gasteiger partial charge in [0.25, 0.3) is 10.0 Å². The van der Waals surface area contributed by atoms with Crippen LogP contribution in [0.5, 0.6) is 11.5 Å². The van der Waals surface area contributed by atoms with Crippen LogP contribution in [-0.2, 0) is 10.0 Å². The minimum atomic E-state index is -3.97. The summed E-state index contributed by atoms with van der Waals surface area (Å²) < 4.78 is 62.5. The summed E-state index contributed by atoms with van der Waals surface area (Å²) in [6.45, 7) is 5.58. The summed E-state index contributed by atoms with van der Waals surface area (Å²) in [4.78, 5) is 0.0755. The Hall–Kier alpha value is -2.70. The maximum atomic E-state index is 15.3. The van der Waals surface area contributed by atoms with Crippen LogP contribution in [-0.4, -0.2) is 23.7 Å². The number of hydrogen-bond donors (Lipinski definition) is 1. The van der Waals surface area contributed by atoms with Gasteiger partial charge in [-0.25, -0.2) is 21.2 Å². The highest BCUT2D eigenvalue weighted by Crippen LogP contribution is 2.37. The van der Waals surface area contributed by atoms with Crippen LogP contribution in [0.1, 0.15) is 16.7 Å². The molecule has 1 aromatic heterocycles. The SMILES string of the molecule is C=Cc1c(Oc2ccc(F)c(C(=N)SC)c2)c(F)cc2c1ccn2S(=O)(=O)c1ccc(C)cc1.I. The molecule has 1 heterocycles. The van der Waals surface area contributed by atoms with Gasteiger partial charge in [0.05, 0.1) is 15.5 Å². The molecule has 0 radical (unpaired) electrons. The Labute approximate surface area is 223 Å². The molecule has 0 atom stereocenters. The summed E-state index contributed by atoms with van der Waals surface area (Å²) in [6, 6.07) is 12.8. The molecule has 0 saturated heterocycles. The molecule has 1 N–H and O–H groups in total. The Bertz CT molecular complexity index is 1550. The van der Waals surface area contributed by atoms with E-state index in [1.165, 1.54) is 36.5 Å². The predicted octanol–water partition coefficient (Wildman–Crippen LogP) is 7.21.